The molecule has 0 saturated carbocycles. The van der Waals surface area contributed by atoms with Crippen molar-refractivity contribution in [2.75, 3.05) is 13.2 Å². The molecule has 0 fully saturated rings. The third-order valence-corrected chi connectivity index (χ3v) is 1.76. The van der Waals surface area contributed by atoms with Crippen molar-refractivity contribution in [2.24, 2.45) is 0 Å². The van der Waals surface area contributed by atoms with Crippen molar-refractivity contribution in [3.05, 3.63) is 17.5 Å². The highest BCUT2D eigenvalue weighted by atomic mass is 16.5. The highest BCUT2D eigenvalue weighted by molar-refractivity contribution is 5.04. The Morgan fingerprint density at radius 1 is 1.50 bits per heavy atom. The summed E-state index contributed by atoms with van der Waals surface area (Å²) < 4.78 is 10.4. The normalized spacial score (nSPS) is 10.7. The van der Waals surface area contributed by atoms with E-state index in [1.54, 1.807) is 0 Å². The van der Waals surface area contributed by atoms with Gasteiger partial charge in [-0.05, 0) is 13.0 Å². The number of nitrogens with zero attached hydrogens (tertiary/aromatic N) is 1. The largest absolute Gasteiger partial charge is 0.373 e. The Labute approximate surface area is 84.6 Å². The molecule has 0 bridgehead atoms. The summed E-state index contributed by atoms with van der Waals surface area (Å²) in [5.74, 6) is 0.798. The molecule has 4 heteroatoms. The van der Waals surface area contributed by atoms with Gasteiger partial charge in [0.05, 0.1) is 5.69 Å². The van der Waals surface area contributed by atoms with Gasteiger partial charge in [-0.3, -0.25) is 0 Å². The standard InChI is InChI=1S/C10H18N2O2/c1-3-5-13-8-10-6-9(12-14-10)7-11-4-2/h6,11H,3-5,7-8H2,1-2H3. The minimum atomic E-state index is 0.521. The highest BCUT2D eigenvalue weighted by Crippen LogP contribution is 2.04. The van der Waals surface area contributed by atoms with Crippen molar-refractivity contribution in [3.8, 4) is 0 Å². The van der Waals surface area contributed by atoms with Gasteiger partial charge in [-0.1, -0.05) is 19.0 Å². The zero-order valence-corrected chi connectivity index (χ0v) is 8.88. The lowest BCUT2D eigenvalue weighted by molar-refractivity contribution is 0.102. The summed E-state index contributed by atoms with van der Waals surface area (Å²) in [5.41, 5.74) is 0.932. The second-order valence-electron chi connectivity index (χ2n) is 3.12. The number of rotatable bonds is 7. The van der Waals surface area contributed by atoms with Gasteiger partial charge < -0.3 is 14.6 Å². The van der Waals surface area contributed by atoms with Gasteiger partial charge in [0.2, 0.25) is 0 Å². The van der Waals surface area contributed by atoms with Crippen molar-refractivity contribution < 1.29 is 9.26 Å². The molecule has 1 heterocycles. The van der Waals surface area contributed by atoms with Crippen LogP contribution in [0.5, 0.6) is 0 Å². The summed E-state index contributed by atoms with van der Waals surface area (Å²) in [5, 5.41) is 7.10. The lowest BCUT2D eigenvalue weighted by atomic mass is 10.3. The molecule has 80 valence electrons. The van der Waals surface area contributed by atoms with Crippen LogP contribution in [0.15, 0.2) is 10.6 Å². The van der Waals surface area contributed by atoms with Crippen LogP contribution in [0.4, 0.5) is 0 Å². The lowest BCUT2D eigenvalue weighted by Crippen LogP contribution is -2.11. The van der Waals surface area contributed by atoms with E-state index in [0.29, 0.717) is 6.61 Å². The molecule has 1 rings (SSSR count). The maximum Gasteiger partial charge on any atom is 0.162 e. The molecule has 0 spiro atoms. The SMILES string of the molecule is CCCOCc1cc(CNCC)no1. The van der Waals surface area contributed by atoms with Crippen LogP contribution < -0.4 is 5.32 Å². The average molecular weight is 198 g/mol. The van der Waals surface area contributed by atoms with Crippen LogP contribution in [0.3, 0.4) is 0 Å². The van der Waals surface area contributed by atoms with E-state index >= 15 is 0 Å². The van der Waals surface area contributed by atoms with Crippen molar-refractivity contribution in [1.82, 2.24) is 10.5 Å². The van der Waals surface area contributed by atoms with Crippen LogP contribution in [0.25, 0.3) is 0 Å². The fourth-order valence-corrected chi connectivity index (χ4v) is 1.08. The first-order valence-corrected chi connectivity index (χ1v) is 5.09. The topological polar surface area (TPSA) is 47.3 Å². The quantitative estimate of drug-likeness (QED) is 0.677. The van der Waals surface area contributed by atoms with Gasteiger partial charge in [0.25, 0.3) is 0 Å². The van der Waals surface area contributed by atoms with E-state index in [9.17, 15) is 0 Å². The molecule has 1 aromatic rings. The Morgan fingerprint density at radius 3 is 3.07 bits per heavy atom. The van der Waals surface area contributed by atoms with E-state index in [2.05, 4.69) is 24.3 Å². The lowest BCUT2D eigenvalue weighted by Gasteiger charge is -1.96. The summed E-state index contributed by atoms with van der Waals surface area (Å²) in [6.45, 7) is 7.13. The number of aromatic nitrogens is 1. The molecular formula is C10H18N2O2. The molecular weight excluding hydrogens is 180 g/mol. The Morgan fingerprint density at radius 2 is 2.36 bits per heavy atom. The molecule has 0 unspecified atom stereocenters. The van der Waals surface area contributed by atoms with E-state index in [1.165, 1.54) is 0 Å². The molecule has 4 nitrogen and oxygen atoms in total. The minimum Gasteiger partial charge on any atom is -0.373 e. The van der Waals surface area contributed by atoms with E-state index in [1.807, 2.05) is 6.07 Å². The summed E-state index contributed by atoms with van der Waals surface area (Å²) in [7, 11) is 0. The van der Waals surface area contributed by atoms with Crippen LogP contribution in [0.2, 0.25) is 0 Å². The van der Waals surface area contributed by atoms with Crippen molar-refractivity contribution in [2.45, 2.75) is 33.4 Å². The van der Waals surface area contributed by atoms with E-state index in [0.717, 1.165) is 37.6 Å². The van der Waals surface area contributed by atoms with Gasteiger partial charge in [0, 0.05) is 19.2 Å². The molecule has 0 saturated heterocycles. The molecule has 0 aliphatic heterocycles. The average Bonchev–Trinajstić information content (AvgIpc) is 2.63. The molecule has 1 N–H and O–H groups in total. The van der Waals surface area contributed by atoms with Crippen LogP contribution >= 0.6 is 0 Å². The van der Waals surface area contributed by atoms with Gasteiger partial charge >= 0.3 is 0 Å². The smallest absolute Gasteiger partial charge is 0.162 e. The van der Waals surface area contributed by atoms with E-state index in [4.69, 9.17) is 9.26 Å². The first-order valence-electron chi connectivity index (χ1n) is 5.09. The molecule has 14 heavy (non-hydrogen) atoms. The predicted octanol–water partition coefficient (Wildman–Crippen LogP) is 1.71. The monoisotopic (exact) mass is 198 g/mol. The fraction of sp³-hybridized carbons (Fsp3) is 0.700. The van der Waals surface area contributed by atoms with Gasteiger partial charge in [-0.2, -0.15) is 0 Å². The first-order chi connectivity index (χ1) is 6.86. The molecule has 0 radical (unpaired) electrons. The van der Waals surface area contributed by atoms with Crippen LogP contribution in [0.1, 0.15) is 31.7 Å². The van der Waals surface area contributed by atoms with Gasteiger partial charge in [0.1, 0.15) is 6.61 Å². The second kappa shape index (κ2) is 6.56. The highest BCUT2D eigenvalue weighted by Gasteiger charge is 2.02. The number of hydrogen-bond donors (Lipinski definition) is 1. The molecule has 0 aromatic carbocycles. The number of ether oxygens (including phenoxy) is 1. The third-order valence-electron chi connectivity index (χ3n) is 1.76. The van der Waals surface area contributed by atoms with Crippen molar-refractivity contribution in [1.29, 1.82) is 0 Å². The summed E-state index contributed by atoms with van der Waals surface area (Å²) >= 11 is 0. The van der Waals surface area contributed by atoms with Crippen LogP contribution in [-0.4, -0.2) is 18.3 Å². The van der Waals surface area contributed by atoms with Gasteiger partial charge in [0.15, 0.2) is 5.76 Å². The Balaban J connectivity index is 2.27. The maximum atomic E-state index is 5.33. The Kier molecular flexibility index (Phi) is 5.25. The number of hydrogen-bond acceptors (Lipinski definition) is 4. The van der Waals surface area contributed by atoms with Gasteiger partial charge in [-0.25, -0.2) is 0 Å². The maximum absolute atomic E-state index is 5.33. The van der Waals surface area contributed by atoms with Crippen molar-refractivity contribution in [3.63, 3.8) is 0 Å². The molecule has 0 aliphatic rings. The van der Waals surface area contributed by atoms with Crippen LogP contribution in [-0.2, 0) is 17.9 Å². The first kappa shape index (κ1) is 11.2. The summed E-state index contributed by atoms with van der Waals surface area (Å²) in [4.78, 5) is 0. The Bertz CT molecular complexity index is 248. The number of nitrogens with one attached hydrogen (secondary N) is 1. The zero-order chi connectivity index (χ0) is 10.2. The van der Waals surface area contributed by atoms with E-state index < -0.39 is 0 Å². The second-order valence-corrected chi connectivity index (χ2v) is 3.12. The molecule has 0 amide bonds. The Hall–Kier alpha value is -0.870. The molecule has 0 atom stereocenters. The fourth-order valence-electron chi connectivity index (χ4n) is 1.08. The molecule has 1 aromatic heterocycles. The van der Waals surface area contributed by atoms with Crippen molar-refractivity contribution >= 4 is 0 Å². The zero-order valence-electron chi connectivity index (χ0n) is 8.88. The predicted molar refractivity (Wildman–Crippen MR) is 53.8 cm³/mol. The summed E-state index contributed by atoms with van der Waals surface area (Å²) in [6.07, 6.45) is 1.03. The van der Waals surface area contributed by atoms with Crippen LogP contribution in [0, 0.1) is 0 Å². The summed E-state index contributed by atoms with van der Waals surface area (Å²) in [6, 6.07) is 1.93. The van der Waals surface area contributed by atoms with E-state index in [-0.39, 0.29) is 0 Å². The molecule has 0 aliphatic carbocycles. The third kappa shape index (κ3) is 3.89. The van der Waals surface area contributed by atoms with Gasteiger partial charge in [-0.15, -0.1) is 0 Å². The minimum absolute atomic E-state index is 0.521.